The first kappa shape index (κ1) is 8.58. The van der Waals surface area contributed by atoms with Crippen LogP contribution in [0.1, 0.15) is 25.3 Å². The Morgan fingerprint density at radius 2 is 2.00 bits per heavy atom. The zero-order valence-electron chi connectivity index (χ0n) is 6.90. The Morgan fingerprint density at radius 3 is 2.50 bits per heavy atom. The smallest absolute Gasteiger partial charge is 0.0420 e. The van der Waals surface area contributed by atoms with E-state index in [0.717, 1.165) is 9.50 Å². The SMILES string of the molecule is CC1(c2cc(Cl)cc(Br)c2)CC1. The number of halogens is 2. The maximum Gasteiger partial charge on any atom is 0.0420 e. The molecule has 0 spiro atoms. The third-order valence-corrected chi connectivity index (χ3v) is 3.24. The van der Waals surface area contributed by atoms with Crippen LogP contribution in [0.25, 0.3) is 0 Å². The standard InChI is InChI=1S/C10H10BrCl/c1-10(2-3-10)7-4-8(11)6-9(12)5-7/h4-6H,2-3H2,1H3. The van der Waals surface area contributed by atoms with Crippen LogP contribution < -0.4 is 0 Å². The second kappa shape index (κ2) is 2.74. The maximum absolute atomic E-state index is 5.95. The maximum atomic E-state index is 5.95. The molecule has 0 saturated heterocycles. The van der Waals surface area contributed by atoms with Crippen molar-refractivity contribution in [1.29, 1.82) is 0 Å². The molecule has 1 aliphatic carbocycles. The minimum Gasteiger partial charge on any atom is -0.0843 e. The zero-order chi connectivity index (χ0) is 8.77. The topological polar surface area (TPSA) is 0 Å². The molecule has 1 aromatic carbocycles. The molecule has 12 heavy (non-hydrogen) atoms. The summed E-state index contributed by atoms with van der Waals surface area (Å²) in [5.41, 5.74) is 1.77. The van der Waals surface area contributed by atoms with Crippen molar-refractivity contribution >= 4 is 27.5 Å². The molecule has 64 valence electrons. The molecular formula is C10H10BrCl. The molecule has 1 saturated carbocycles. The first-order valence-corrected chi connectivity index (χ1v) is 5.24. The predicted octanol–water partition coefficient (Wildman–Crippen LogP) is 4.15. The van der Waals surface area contributed by atoms with Gasteiger partial charge in [0.15, 0.2) is 0 Å². The van der Waals surface area contributed by atoms with Crippen molar-refractivity contribution in [2.45, 2.75) is 25.2 Å². The molecule has 2 rings (SSSR count). The van der Waals surface area contributed by atoms with Crippen LogP contribution in [-0.4, -0.2) is 0 Å². The summed E-state index contributed by atoms with van der Waals surface area (Å²) in [5, 5.41) is 0.826. The monoisotopic (exact) mass is 244 g/mol. The van der Waals surface area contributed by atoms with E-state index in [1.165, 1.54) is 18.4 Å². The summed E-state index contributed by atoms with van der Waals surface area (Å²) in [4.78, 5) is 0. The van der Waals surface area contributed by atoms with E-state index in [-0.39, 0.29) is 0 Å². The van der Waals surface area contributed by atoms with Gasteiger partial charge in [-0.05, 0) is 42.0 Å². The van der Waals surface area contributed by atoms with Gasteiger partial charge in [0.25, 0.3) is 0 Å². The Labute approximate surface area is 86.1 Å². The highest BCUT2D eigenvalue weighted by Crippen LogP contribution is 2.48. The van der Waals surface area contributed by atoms with Gasteiger partial charge in [-0.1, -0.05) is 34.5 Å². The van der Waals surface area contributed by atoms with Crippen LogP contribution in [0.5, 0.6) is 0 Å². The molecule has 0 heterocycles. The molecule has 0 unspecified atom stereocenters. The quantitative estimate of drug-likeness (QED) is 0.697. The van der Waals surface area contributed by atoms with Crippen LogP contribution in [0, 0.1) is 0 Å². The first-order valence-electron chi connectivity index (χ1n) is 4.07. The van der Waals surface area contributed by atoms with Gasteiger partial charge >= 0.3 is 0 Å². The van der Waals surface area contributed by atoms with E-state index in [1.807, 2.05) is 6.07 Å². The predicted molar refractivity (Wildman–Crippen MR) is 55.7 cm³/mol. The van der Waals surface area contributed by atoms with E-state index in [4.69, 9.17) is 11.6 Å². The van der Waals surface area contributed by atoms with Crippen LogP contribution in [0.2, 0.25) is 5.02 Å². The lowest BCUT2D eigenvalue weighted by Crippen LogP contribution is -1.98. The molecule has 0 N–H and O–H groups in total. The number of hydrogen-bond donors (Lipinski definition) is 0. The summed E-state index contributed by atoms with van der Waals surface area (Å²) in [6, 6.07) is 6.16. The van der Waals surface area contributed by atoms with Gasteiger partial charge in [0.1, 0.15) is 0 Å². The van der Waals surface area contributed by atoms with Gasteiger partial charge in [0, 0.05) is 9.50 Å². The highest BCUT2D eigenvalue weighted by atomic mass is 79.9. The Kier molecular flexibility index (Phi) is 1.96. The van der Waals surface area contributed by atoms with Crippen LogP contribution in [0.3, 0.4) is 0 Å². The summed E-state index contributed by atoms with van der Waals surface area (Å²) >= 11 is 9.40. The largest absolute Gasteiger partial charge is 0.0843 e. The van der Waals surface area contributed by atoms with E-state index in [2.05, 4.69) is 35.0 Å². The molecule has 0 amide bonds. The van der Waals surface area contributed by atoms with Crippen LogP contribution in [0.15, 0.2) is 22.7 Å². The summed E-state index contributed by atoms with van der Waals surface area (Å²) < 4.78 is 1.08. The average molecular weight is 246 g/mol. The van der Waals surface area contributed by atoms with Crippen LogP contribution in [-0.2, 0) is 5.41 Å². The zero-order valence-corrected chi connectivity index (χ0v) is 9.24. The van der Waals surface area contributed by atoms with Gasteiger partial charge in [-0.25, -0.2) is 0 Å². The van der Waals surface area contributed by atoms with Crippen molar-refractivity contribution in [3.05, 3.63) is 33.3 Å². The average Bonchev–Trinajstić information content (AvgIpc) is 2.67. The first-order chi connectivity index (χ1) is 5.60. The van der Waals surface area contributed by atoms with E-state index in [0.29, 0.717) is 5.41 Å². The molecule has 0 radical (unpaired) electrons. The van der Waals surface area contributed by atoms with E-state index in [9.17, 15) is 0 Å². The molecule has 0 aromatic heterocycles. The molecule has 1 fully saturated rings. The second-order valence-electron chi connectivity index (χ2n) is 3.72. The summed E-state index contributed by atoms with van der Waals surface area (Å²) in [7, 11) is 0. The number of benzene rings is 1. The van der Waals surface area contributed by atoms with Crippen molar-refractivity contribution in [3.8, 4) is 0 Å². The number of hydrogen-bond acceptors (Lipinski definition) is 0. The van der Waals surface area contributed by atoms with E-state index < -0.39 is 0 Å². The number of rotatable bonds is 1. The Bertz CT molecular complexity index is 295. The molecule has 0 nitrogen and oxygen atoms in total. The van der Waals surface area contributed by atoms with Gasteiger partial charge in [-0.3, -0.25) is 0 Å². The Balaban J connectivity index is 2.44. The van der Waals surface area contributed by atoms with E-state index >= 15 is 0 Å². The van der Waals surface area contributed by atoms with Crippen LogP contribution in [0.4, 0.5) is 0 Å². The van der Waals surface area contributed by atoms with Crippen molar-refractivity contribution in [2.75, 3.05) is 0 Å². The van der Waals surface area contributed by atoms with Crippen LogP contribution >= 0.6 is 27.5 Å². The van der Waals surface area contributed by atoms with Crippen molar-refractivity contribution < 1.29 is 0 Å². The minimum absolute atomic E-state index is 0.410. The normalized spacial score (nSPS) is 19.2. The second-order valence-corrected chi connectivity index (χ2v) is 5.07. The third-order valence-electron chi connectivity index (χ3n) is 2.56. The van der Waals surface area contributed by atoms with Crippen molar-refractivity contribution in [3.63, 3.8) is 0 Å². The molecular weight excluding hydrogens is 235 g/mol. The fourth-order valence-corrected chi connectivity index (χ4v) is 2.24. The summed E-state index contributed by atoms with van der Waals surface area (Å²) in [6.45, 7) is 2.28. The Hall–Kier alpha value is -0.0100. The molecule has 0 atom stereocenters. The Morgan fingerprint density at radius 1 is 1.33 bits per heavy atom. The minimum atomic E-state index is 0.410. The van der Waals surface area contributed by atoms with Gasteiger partial charge in [-0.15, -0.1) is 0 Å². The molecule has 2 heteroatoms. The molecule has 1 aliphatic rings. The van der Waals surface area contributed by atoms with Gasteiger partial charge < -0.3 is 0 Å². The summed E-state index contributed by atoms with van der Waals surface area (Å²) in [6.07, 6.45) is 2.58. The lowest BCUT2D eigenvalue weighted by atomic mass is 9.99. The lowest BCUT2D eigenvalue weighted by Gasteiger charge is -2.09. The van der Waals surface area contributed by atoms with Crippen molar-refractivity contribution in [1.82, 2.24) is 0 Å². The fourth-order valence-electron chi connectivity index (χ4n) is 1.38. The highest BCUT2D eigenvalue weighted by Gasteiger charge is 2.39. The van der Waals surface area contributed by atoms with Crippen molar-refractivity contribution in [2.24, 2.45) is 0 Å². The highest BCUT2D eigenvalue weighted by molar-refractivity contribution is 9.10. The molecule has 0 aliphatic heterocycles. The lowest BCUT2D eigenvalue weighted by molar-refractivity contribution is 0.787. The van der Waals surface area contributed by atoms with Gasteiger partial charge in [-0.2, -0.15) is 0 Å². The van der Waals surface area contributed by atoms with E-state index in [1.54, 1.807) is 0 Å². The summed E-state index contributed by atoms with van der Waals surface area (Å²) in [5.74, 6) is 0. The van der Waals surface area contributed by atoms with Gasteiger partial charge in [0.05, 0.1) is 0 Å². The molecule has 1 aromatic rings. The molecule has 0 bridgehead atoms. The van der Waals surface area contributed by atoms with Gasteiger partial charge in [0.2, 0.25) is 0 Å². The fraction of sp³-hybridized carbons (Fsp3) is 0.400. The third kappa shape index (κ3) is 1.53.